The Bertz CT molecular complexity index is 801. The average Bonchev–Trinajstić information content (AvgIpc) is 2.84. The Morgan fingerprint density at radius 2 is 1.41 bits per heavy atom. The predicted molar refractivity (Wildman–Crippen MR) is 131 cm³/mol. The van der Waals surface area contributed by atoms with Crippen LogP contribution in [0.25, 0.3) is 0 Å². The molecule has 0 aliphatic heterocycles. The summed E-state index contributed by atoms with van der Waals surface area (Å²) in [6.45, 7) is 14.5. The van der Waals surface area contributed by atoms with Gasteiger partial charge in [0.2, 0.25) is 0 Å². The van der Waals surface area contributed by atoms with Gasteiger partial charge in [-0.3, -0.25) is 0 Å². The summed E-state index contributed by atoms with van der Waals surface area (Å²) < 4.78 is 5.41. The summed E-state index contributed by atoms with van der Waals surface area (Å²) in [5.74, 6) is 1.48. The molecule has 0 spiro atoms. The van der Waals surface area contributed by atoms with E-state index in [1.807, 2.05) is 62.0 Å². The van der Waals surface area contributed by atoms with Gasteiger partial charge in [0.05, 0.1) is 0 Å². The topological polar surface area (TPSA) is 46.0 Å². The van der Waals surface area contributed by atoms with Crippen LogP contribution >= 0.6 is 31.6 Å². The molecule has 0 aromatic heterocycles. The van der Waals surface area contributed by atoms with Crippen LogP contribution in [0.5, 0.6) is 0 Å². The van der Waals surface area contributed by atoms with Crippen LogP contribution < -0.4 is 5.23 Å². The first-order valence-corrected chi connectivity index (χ1v) is 11.8. The zero-order valence-corrected chi connectivity index (χ0v) is 21.6. The van der Waals surface area contributed by atoms with Crippen molar-refractivity contribution in [2.45, 2.75) is 60.4 Å². The van der Waals surface area contributed by atoms with Crippen LogP contribution in [0.2, 0.25) is 0 Å². The van der Waals surface area contributed by atoms with Crippen LogP contribution in [0.1, 0.15) is 54.9 Å². The molecule has 2 aliphatic rings. The van der Waals surface area contributed by atoms with E-state index in [0.29, 0.717) is 14.3 Å². The summed E-state index contributed by atoms with van der Waals surface area (Å²) in [6, 6.07) is 0. The summed E-state index contributed by atoms with van der Waals surface area (Å²) in [6.07, 6.45) is 17.6. The second kappa shape index (κ2) is 9.51. The second-order valence-corrected chi connectivity index (χ2v) is 11.3. The highest BCUT2D eigenvalue weighted by atomic mass is 127. The molecule has 2 aliphatic carbocycles. The maximum absolute atomic E-state index is 12.5. The molecule has 2 rings (SSSR count). The van der Waals surface area contributed by atoms with Crippen molar-refractivity contribution in [1.82, 2.24) is 0 Å². The van der Waals surface area contributed by atoms with Crippen LogP contribution in [0.15, 0.2) is 70.8 Å². The van der Waals surface area contributed by atoms with Gasteiger partial charge in [0.25, 0.3) is 0 Å². The van der Waals surface area contributed by atoms with Gasteiger partial charge in [-0.1, -0.05) is 67.5 Å². The van der Waals surface area contributed by atoms with Gasteiger partial charge in [-0.2, -0.15) is 5.23 Å². The number of hydrogen-bond acceptors (Lipinski definition) is 3. The molecule has 0 aromatic carbocycles. The van der Waals surface area contributed by atoms with E-state index in [0.717, 1.165) is 12.2 Å². The zero-order chi connectivity index (χ0) is 21.9. The minimum absolute atomic E-state index is 0.0818. The molecule has 0 heterocycles. The van der Waals surface area contributed by atoms with E-state index in [4.69, 9.17) is 7.90 Å². The van der Waals surface area contributed by atoms with Crippen molar-refractivity contribution in [1.29, 1.82) is 0 Å². The third-order valence-electron chi connectivity index (χ3n) is 4.96. The molecule has 0 fully saturated rings. The third kappa shape index (κ3) is 7.39. The highest BCUT2D eigenvalue weighted by molar-refractivity contribution is 14.1. The predicted octanol–water partition coefficient (Wildman–Crippen LogP) is 6.26. The Morgan fingerprint density at radius 3 is 1.90 bits per heavy atom. The van der Waals surface area contributed by atoms with Crippen LogP contribution in [0.4, 0.5) is 0 Å². The first-order valence-electron chi connectivity index (χ1n) is 9.91. The maximum Gasteiger partial charge on any atom is 0.192 e. The number of hydroxylamine groups is 2. The summed E-state index contributed by atoms with van der Waals surface area (Å²) in [4.78, 5) is 5.73. The van der Waals surface area contributed by atoms with Crippen LogP contribution in [-0.4, -0.2) is 5.54 Å². The zero-order valence-electron chi connectivity index (χ0n) is 18.4. The molecule has 0 amide bonds. The van der Waals surface area contributed by atoms with E-state index in [-0.39, 0.29) is 16.1 Å². The SMILES string of the molecule is CCC(C)(C)[NH+]([O-])OC1=CC(C)(C)C=C(PC2=CC(C)(C)C=C(OI)C=C2)C=C1. The van der Waals surface area contributed by atoms with Crippen molar-refractivity contribution in [3.05, 3.63) is 76.0 Å². The monoisotopic (exact) mass is 529 g/mol. The first kappa shape index (κ1) is 24.4. The van der Waals surface area contributed by atoms with Crippen LogP contribution in [0, 0.1) is 16.0 Å². The van der Waals surface area contributed by atoms with Gasteiger partial charge in [0.15, 0.2) is 28.8 Å². The molecule has 0 radical (unpaired) electrons. The van der Waals surface area contributed by atoms with Crippen LogP contribution in [-0.2, 0) is 7.90 Å². The molecule has 4 nitrogen and oxygen atoms in total. The standard InChI is InChI=1S/C23H33INO3P/c1-8-23(6,7)25(26)28-18-10-12-20(16-22(4,5)14-18)29-19-11-9-17(27-24)13-21(2,3)15-19/h9-16,25,29H,8H2,1-7H3. The van der Waals surface area contributed by atoms with Crippen molar-refractivity contribution in [2.24, 2.45) is 10.8 Å². The number of allylic oxidation sites excluding steroid dienone is 10. The summed E-state index contributed by atoms with van der Waals surface area (Å²) in [5.41, 5.74) is -0.783. The Hall–Kier alpha value is -0.880. The minimum Gasteiger partial charge on any atom is -0.590 e. The van der Waals surface area contributed by atoms with E-state index in [9.17, 15) is 5.21 Å². The van der Waals surface area contributed by atoms with Crippen molar-refractivity contribution in [3.63, 3.8) is 0 Å². The average molecular weight is 529 g/mol. The Kier molecular flexibility index (Phi) is 7.99. The molecular formula is C23H33INO3P. The molecule has 0 saturated carbocycles. The maximum atomic E-state index is 12.5. The highest BCUT2D eigenvalue weighted by Gasteiger charge is 2.27. The van der Waals surface area contributed by atoms with Crippen molar-refractivity contribution < 1.29 is 13.1 Å². The summed E-state index contributed by atoms with van der Waals surface area (Å²) >= 11 is 1.92. The van der Waals surface area contributed by atoms with E-state index in [2.05, 4.69) is 58.1 Å². The number of halogens is 1. The minimum atomic E-state index is -0.490. The quantitative estimate of drug-likeness (QED) is 0.241. The van der Waals surface area contributed by atoms with Crippen molar-refractivity contribution >= 4 is 31.6 Å². The van der Waals surface area contributed by atoms with Crippen LogP contribution in [0.3, 0.4) is 0 Å². The molecule has 29 heavy (non-hydrogen) atoms. The largest absolute Gasteiger partial charge is 0.590 e. The summed E-state index contributed by atoms with van der Waals surface area (Å²) in [7, 11) is 0.505. The normalized spacial score (nSPS) is 22.2. The first-order chi connectivity index (χ1) is 13.4. The molecule has 2 unspecified atom stereocenters. The van der Waals surface area contributed by atoms with E-state index in [1.165, 1.54) is 10.6 Å². The Balaban J connectivity index is 2.21. The highest BCUT2D eigenvalue weighted by Crippen LogP contribution is 2.43. The number of nitrogens with one attached hydrogen (secondary N) is 1. The fraction of sp³-hybridized carbons (Fsp3) is 0.478. The van der Waals surface area contributed by atoms with Gasteiger partial charge in [-0.25, -0.2) is 0 Å². The van der Waals surface area contributed by atoms with Crippen molar-refractivity contribution in [3.8, 4) is 0 Å². The number of hydrogen-bond donors (Lipinski definition) is 1. The molecule has 0 aromatic rings. The smallest absolute Gasteiger partial charge is 0.192 e. The lowest BCUT2D eigenvalue weighted by atomic mass is 9.93. The van der Waals surface area contributed by atoms with Gasteiger partial charge in [0, 0.05) is 17.3 Å². The number of quaternary nitrogens is 1. The molecule has 6 heteroatoms. The van der Waals surface area contributed by atoms with Gasteiger partial charge in [-0.05, 0) is 48.8 Å². The lowest BCUT2D eigenvalue weighted by Gasteiger charge is -2.35. The van der Waals surface area contributed by atoms with Crippen molar-refractivity contribution in [2.75, 3.05) is 0 Å². The lowest BCUT2D eigenvalue weighted by Crippen LogP contribution is -3.14. The van der Waals surface area contributed by atoms with E-state index in [1.54, 1.807) is 0 Å². The molecule has 0 bridgehead atoms. The van der Waals surface area contributed by atoms with E-state index < -0.39 is 5.54 Å². The van der Waals surface area contributed by atoms with Gasteiger partial charge in [-0.15, -0.1) is 0 Å². The Morgan fingerprint density at radius 1 is 0.931 bits per heavy atom. The summed E-state index contributed by atoms with van der Waals surface area (Å²) in [5, 5.41) is 14.8. The Labute approximate surface area is 191 Å². The molecule has 1 N–H and O–H groups in total. The fourth-order valence-corrected chi connectivity index (χ4v) is 4.81. The fourth-order valence-electron chi connectivity index (χ4n) is 2.98. The third-order valence-corrected chi connectivity index (χ3v) is 6.67. The second-order valence-electron chi connectivity index (χ2n) is 9.43. The lowest BCUT2D eigenvalue weighted by molar-refractivity contribution is -1.08. The molecule has 0 saturated heterocycles. The molecular weight excluding hydrogens is 496 g/mol. The van der Waals surface area contributed by atoms with Gasteiger partial charge < -0.3 is 13.1 Å². The molecule has 160 valence electrons. The van der Waals surface area contributed by atoms with Gasteiger partial charge >= 0.3 is 0 Å². The number of rotatable bonds is 7. The van der Waals surface area contributed by atoms with Gasteiger partial charge in [0.1, 0.15) is 11.3 Å². The molecule has 2 atom stereocenters. The van der Waals surface area contributed by atoms with E-state index >= 15 is 0 Å².